The molecule has 0 aliphatic rings. The summed E-state index contributed by atoms with van der Waals surface area (Å²) in [5.41, 5.74) is 11.6. The van der Waals surface area contributed by atoms with Gasteiger partial charge >= 0.3 is 0 Å². The van der Waals surface area contributed by atoms with Crippen LogP contribution in [0.2, 0.25) is 0 Å². The summed E-state index contributed by atoms with van der Waals surface area (Å²) >= 11 is 0. The zero-order chi connectivity index (χ0) is 31.6. The van der Waals surface area contributed by atoms with E-state index in [0.717, 1.165) is 77.2 Å². The van der Waals surface area contributed by atoms with Gasteiger partial charge in [0.25, 0.3) is 0 Å². The maximum atomic E-state index is 9.62. The Kier molecular flexibility index (Phi) is 7.32. The molecule has 7 aromatic rings. The van der Waals surface area contributed by atoms with E-state index in [-0.39, 0.29) is 0 Å². The molecule has 7 aromatic carbocycles. The van der Waals surface area contributed by atoms with Crippen LogP contribution in [0.1, 0.15) is 22.3 Å². The standard InChI is InChI=1S/C44H28N2/c1-3-35-36(4-2)43-26-42(32-23-19-30(20-24-32)38-14-8-6-12-34(38)28-46)39-15-9-10-16-40(39)44(43)25-41(35)31-21-17-29(18-22-31)37-13-7-5-11-33(37)27-45/h3-26H,1-2H2. The van der Waals surface area contributed by atoms with E-state index in [0.29, 0.717) is 11.1 Å². The number of hydrogen-bond donors (Lipinski definition) is 0. The normalized spacial score (nSPS) is 10.7. The lowest BCUT2D eigenvalue weighted by Crippen LogP contribution is -1.94. The summed E-state index contributed by atoms with van der Waals surface area (Å²) in [5.74, 6) is 0. The summed E-state index contributed by atoms with van der Waals surface area (Å²) in [5, 5.41) is 23.8. The smallest absolute Gasteiger partial charge is 0.0998 e. The van der Waals surface area contributed by atoms with Crippen molar-refractivity contribution in [3.8, 4) is 56.6 Å². The third-order valence-electron chi connectivity index (χ3n) is 8.76. The highest BCUT2D eigenvalue weighted by atomic mass is 14.3. The van der Waals surface area contributed by atoms with Crippen LogP contribution in [0.5, 0.6) is 0 Å². The minimum atomic E-state index is 0.658. The van der Waals surface area contributed by atoms with Crippen LogP contribution in [0.15, 0.2) is 147 Å². The molecule has 0 unspecified atom stereocenters. The molecule has 0 amide bonds. The molecule has 0 aliphatic heterocycles. The average molecular weight is 585 g/mol. The highest BCUT2D eigenvalue weighted by Crippen LogP contribution is 2.42. The van der Waals surface area contributed by atoms with Crippen LogP contribution in [0.4, 0.5) is 0 Å². The second-order valence-corrected chi connectivity index (χ2v) is 11.2. The van der Waals surface area contributed by atoms with E-state index < -0.39 is 0 Å². The molecule has 0 radical (unpaired) electrons. The SMILES string of the molecule is C=Cc1c(-c2ccc(-c3ccccc3C#N)cc2)cc2c(cc(-c3ccc(-c4ccccc4C#N)cc3)c3ccccc32)c1C=C. The second-order valence-electron chi connectivity index (χ2n) is 11.2. The Hall–Kier alpha value is -6.48. The Morgan fingerprint density at radius 2 is 0.804 bits per heavy atom. The van der Waals surface area contributed by atoms with Crippen LogP contribution in [0.25, 0.3) is 78.2 Å². The number of benzene rings is 7. The summed E-state index contributed by atoms with van der Waals surface area (Å²) in [6, 6.07) is 49.9. The van der Waals surface area contributed by atoms with Crippen molar-refractivity contribution < 1.29 is 0 Å². The summed E-state index contributed by atoms with van der Waals surface area (Å²) in [7, 11) is 0. The first kappa shape index (κ1) is 28.3. The van der Waals surface area contributed by atoms with Crippen molar-refractivity contribution in [2.75, 3.05) is 0 Å². The van der Waals surface area contributed by atoms with Gasteiger partial charge in [0, 0.05) is 0 Å². The third kappa shape index (κ3) is 4.76. The molecule has 0 aromatic heterocycles. The fourth-order valence-corrected chi connectivity index (χ4v) is 6.53. The van der Waals surface area contributed by atoms with Gasteiger partial charge in [-0.1, -0.05) is 135 Å². The molecule has 0 saturated carbocycles. The molecule has 0 heterocycles. The molecule has 0 aliphatic carbocycles. The van der Waals surface area contributed by atoms with Crippen LogP contribution >= 0.6 is 0 Å². The highest BCUT2D eigenvalue weighted by Gasteiger charge is 2.17. The Labute approximate surface area is 269 Å². The molecule has 0 fully saturated rings. The lowest BCUT2D eigenvalue weighted by Gasteiger charge is -2.18. The van der Waals surface area contributed by atoms with Crippen molar-refractivity contribution in [3.05, 3.63) is 169 Å². The fourth-order valence-electron chi connectivity index (χ4n) is 6.53. The summed E-state index contributed by atoms with van der Waals surface area (Å²) < 4.78 is 0. The van der Waals surface area contributed by atoms with E-state index >= 15 is 0 Å². The number of hydrogen-bond acceptors (Lipinski definition) is 2. The molecule has 2 nitrogen and oxygen atoms in total. The Balaban J connectivity index is 1.40. The highest BCUT2D eigenvalue weighted by molar-refractivity contribution is 6.17. The van der Waals surface area contributed by atoms with Gasteiger partial charge in [-0.3, -0.25) is 0 Å². The predicted octanol–water partition coefficient (Wildman–Crippen LogP) is 11.7. The Morgan fingerprint density at radius 1 is 0.391 bits per heavy atom. The van der Waals surface area contributed by atoms with Gasteiger partial charge in [-0.2, -0.15) is 10.5 Å². The summed E-state index contributed by atoms with van der Waals surface area (Å²) in [4.78, 5) is 0. The number of nitrogens with zero attached hydrogens (tertiary/aromatic N) is 2. The first-order valence-electron chi connectivity index (χ1n) is 15.1. The monoisotopic (exact) mass is 584 g/mol. The third-order valence-corrected chi connectivity index (χ3v) is 8.76. The quantitative estimate of drug-likeness (QED) is 0.183. The van der Waals surface area contributed by atoms with E-state index in [1.807, 2.05) is 60.7 Å². The first-order chi connectivity index (χ1) is 22.6. The molecule has 0 bridgehead atoms. The van der Waals surface area contributed by atoms with Crippen LogP contribution < -0.4 is 0 Å². The zero-order valence-electron chi connectivity index (χ0n) is 25.2. The van der Waals surface area contributed by atoms with E-state index in [1.165, 1.54) is 0 Å². The van der Waals surface area contributed by atoms with E-state index in [2.05, 4.69) is 110 Å². The van der Waals surface area contributed by atoms with E-state index in [1.54, 1.807) is 0 Å². The molecule has 7 rings (SSSR count). The molecule has 0 saturated heterocycles. The molecule has 46 heavy (non-hydrogen) atoms. The van der Waals surface area contributed by atoms with Gasteiger partial charge < -0.3 is 0 Å². The minimum Gasteiger partial charge on any atom is -0.192 e. The van der Waals surface area contributed by atoms with Gasteiger partial charge in [0.05, 0.1) is 23.3 Å². The van der Waals surface area contributed by atoms with Crippen molar-refractivity contribution in [2.45, 2.75) is 0 Å². The molecule has 0 atom stereocenters. The van der Waals surface area contributed by atoms with Crippen molar-refractivity contribution in [3.63, 3.8) is 0 Å². The predicted molar refractivity (Wildman–Crippen MR) is 193 cm³/mol. The van der Waals surface area contributed by atoms with Crippen molar-refractivity contribution in [1.29, 1.82) is 10.5 Å². The average Bonchev–Trinajstić information content (AvgIpc) is 3.13. The van der Waals surface area contributed by atoms with E-state index in [4.69, 9.17) is 0 Å². The van der Waals surface area contributed by atoms with Gasteiger partial charge in [0.2, 0.25) is 0 Å². The van der Waals surface area contributed by atoms with Gasteiger partial charge in [0.1, 0.15) is 0 Å². The summed E-state index contributed by atoms with van der Waals surface area (Å²) in [6.45, 7) is 8.45. The maximum Gasteiger partial charge on any atom is 0.0998 e. The molecule has 214 valence electrons. The van der Waals surface area contributed by atoms with E-state index in [9.17, 15) is 10.5 Å². The molecule has 0 spiro atoms. The van der Waals surface area contributed by atoms with Crippen LogP contribution in [-0.4, -0.2) is 0 Å². The summed E-state index contributed by atoms with van der Waals surface area (Å²) in [6.07, 6.45) is 3.85. The Bertz CT molecular complexity index is 2400. The number of fused-ring (bicyclic) bond motifs is 3. The first-order valence-corrected chi connectivity index (χ1v) is 15.1. The lowest BCUT2D eigenvalue weighted by atomic mass is 9.85. The van der Waals surface area contributed by atoms with Gasteiger partial charge in [-0.05, 0) is 101 Å². The van der Waals surface area contributed by atoms with Crippen molar-refractivity contribution in [2.24, 2.45) is 0 Å². The van der Waals surface area contributed by atoms with Crippen molar-refractivity contribution >= 4 is 33.7 Å². The van der Waals surface area contributed by atoms with Crippen molar-refractivity contribution in [1.82, 2.24) is 0 Å². The van der Waals surface area contributed by atoms with Crippen LogP contribution in [0, 0.1) is 22.7 Å². The largest absolute Gasteiger partial charge is 0.192 e. The zero-order valence-corrected chi connectivity index (χ0v) is 25.2. The van der Waals surface area contributed by atoms with Gasteiger partial charge in [-0.15, -0.1) is 0 Å². The Morgan fingerprint density at radius 3 is 1.30 bits per heavy atom. The van der Waals surface area contributed by atoms with Crippen LogP contribution in [0.3, 0.4) is 0 Å². The molecule has 0 N–H and O–H groups in total. The molecule has 2 heteroatoms. The topological polar surface area (TPSA) is 47.6 Å². The lowest BCUT2D eigenvalue weighted by molar-refractivity contribution is 1.48. The minimum absolute atomic E-state index is 0.658. The molecular weight excluding hydrogens is 556 g/mol. The fraction of sp³-hybridized carbons (Fsp3) is 0. The number of rotatable bonds is 6. The number of nitriles is 2. The maximum absolute atomic E-state index is 9.62. The van der Waals surface area contributed by atoms with Gasteiger partial charge in [0.15, 0.2) is 0 Å². The van der Waals surface area contributed by atoms with Gasteiger partial charge in [-0.25, -0.2) is 0 Å². The molecular formula is C44H28N2. The van der Waals surface area contributed by atoms with Crippen LogP contribution in [-0.2, 0) is 0 Å². The second kappa shape index (κ2) is 11.9.